The highest BCUT2D eigenvalue weighted by molar-refractivity contribution is 4.85. The first kappa shape index (κ1) is 13.7. The monoisotopic (exact) mass is 241 g/mol. The van der Waals surface area contributed by atoms with Gasteiger partial charge in [-0.2, -0.15) is 0 Å². The molecule has 0 spiro atoms. The minimum atomic E-state index is -4.55. The molecule has 96 valence electrons. The molecular formula is C10H18F3NO2. The molecule has 0 aromatic heterocycles. The van der Waals surface area contributed by atoms with Crippen LogP contribution in [0.4, 0.5) is 13.2 Å². The molecule has 0 aromatic rings. The van der Waals surface area contributed by atoms with Gasteiger partial charge in [0, 0.05) is 25.1 Å². The zero-order chi connectivity index (χ0) is 12.1. The third-order valence-corrected chi connectivity index (χ3v) is 3.04. The Hall–Kier alpha value is -0.330. The second-order valence-corrected chi connectivity index (χ2v) is 4.34. The smallest absolute Gasteiger partial charge is 0.396 e. The van der Waals surface area contributed by atoms with Crippen molar-refractivity contribution in [2.45, 2.75) is 32.0 Å². The zero-order valence-corrected chi connectivity index (χ0v) is 9.15. The molecule has 16 heavy (non-hydrogen) atoms. The van der Waals surface area contributed by atoms with Gasteiger partial charge in [0.05, 0.1) is 6.61 Å². The van der Waals surface area contributed by atoms with E-state index >= 15 is 0 Å². The molecule has 0 aromatic carbocycles. The van der Waals surface area contributed by atoms with Crippen LogP contribution >= 0.6 is 0 Å². The molecule has 0 aliphatic heterocycles. The maximum atomic E-state index is 11.6. The van der Waals surface area contributed by atoms with Crippen molar-refractivity contribution in [2.75, 3.05) is 26.3 Å². The number of ether oxygens (including phenoxy) is 1. The van der Waals surface area contributed by atoms with Crippen molar-refractivity contribution in [3.63, 3.8) is 0 Å². The van der Waals surface area contributed by atoms with Crippen LogP contribution in [0, 0.1) is 5.41 Å². The lowest BCUT2D eigenvalue weighted by atomic mass is 9.87. The molecule has 0 amide bonds. The summed E-state index contributed by atoms with van der Waals surface area (Å²) >= 11 is 0. The largest absolute Gasteiger partial charge is 0.522 e. The highest BCUT2D eigenvalue weighted by Crippen LogP contribution is 2.36. The molecule has 0 radical (unpaired) electrons. The molecule has 0 unspecified atom stereocenters. The summed E-state index contributed by atoms with van der Waals surface area (Å²) in [4.78, 5) is 0. The molecule has 1 aliphatic rings. The topological polar surface area (TPSA) is 41.5 Å². The van der Waals surface area contributed by atoms with E-state index in [1.165, 1.54) is 0 Å². The maximum Gasteiger partial charge on any atom is 0.522 e. The normalized spacial score (nSPS) is 20.2. The molecular weight excluding hydrogens is 223 g/mol. The standard InChI is InChI=1S/C10H18F3NO2/c11-10(12,13)16-6-5-14-7-9(8-15)3-1-2-4-9/h14-15H,1-8H2. The van der Waals surface area contributed by atoms with Crippen LogP contribution in [0.5, 0.6) is 0 Å². The predicted molar refractivity (Wildman–Crippen MR) is 52.9 cm³/mol. The van der Waals surface area contributed by atoms with E-state index in [0.717, 1.165) is 25.7 Å². The summed E-state index contributed by atoms with van der Waals surface area (Å²) in [6, 6.07) is 0. The van der Waals surface area contributed by atoms with Gasteiger partial charge in [0.1, 0.15) is 0 Å². The first-order valence-corrected chi connectivity index (χ1v) is 5.50. The van der Waals surface area contributed by atoms with Gasteiger partial charge >= 0.3 is 6.36 Å². The number of rotatable bonds is 6. The lowest BCUT2D eigenvalue weighted by Crippen LogP contribution is -2.37. The molecule has 0 saturated heterocycles. The van der Waals surface area contributed by atoms with E-state index in [9.17, 15) is 18.3 Å². The Bertz CT molecular complexity index is 203. The van der Waals surface area contributed by atoms with Crippen LogP contribution in [0.3, 0.4) is 0 Å². The average Bonchev–Trinajstić information content (AvgIpc) is 2.65. The third kappa shape index (κ3) is 4.67. The summed E-state index contributed by atoms with van der Waals surface area (Å²) in [5.74, 6) is 0. The Kier molecular flexibility index (Phi) is 5.01. The molecule has 1 rings (SSSR count). The van der Waals surface area contributed by atoms with E-state index in [1.54, 1.807) is 0 Å². The van der Waals surface area contributed by atoms with Crippen LogP contribution in [0.15, 0.2) is 0 Å². The average molecular weight is 241 g/mol. The second-order valence-electron chi connectivity index (χ2n) is 4.34. The molecule has 3 nitrogen and oxygen atoms in total. The van der Waals surface area contributed by atoms with Crippen molar-refractivity contribution in [1.29, 1.82) is 0 Å². The summed E-state index contributed by atoms with van der Waals surface area (Å²) in [7, 11) is 0. The Morgan fingerprint density at radius 2 is 1.88 bits per heavy atom. The van der Waals surface area contributed by atoms with Crippen molar-refractivity contribution in [3.8, 4) is 0 Å². The van der Waals surface area contributed by atoms with Gasteiger partial charge in [-0.3, -0.25) is 4.74 Å². The van der Waals surface area contributed by atoms with Gasteiger partial charge in [0.2, 0.25) is 0 Å². The van der Waals surface area contributed by atoms with E-state index < -0.39 is 6.36 Å². The molecule has 1 fully saturated rings. The number of aliphatic hydroxyl groups is 1. The number of alkyl halides is 3. The van der Waals surface area contributed by atoms with Gasteiger partial charge in [-0.15, -0.1) is 13.2 Å². The minimum Gasteiger partial charge on any atom is -0.396 e. The summed E-state index contributed by atoms with van der Waals surface area (Å²) < 4.78 is 38.5. The van der Waals surface area contributed by atoms with Crippen LogP contribution < -0.4 is 5.32 Å². The Balaban J connectivity index is 2.10. The van der Waals surface area contributed by atoms with Gasteiger partial charge in [-0.25, -0.2) is 0 Å². The fourth-order valence-electron chi connectivity index (χ4n) is 2.11. The van der Waals surface area contributed by atoms with E-state index in [-0.39, 0.29) is 25.2 Å². The number of aliphatic hydroxyl groups excluding tert-OH is 1. The van der Waals surface area contributed by atoms with Crippen LogP contribution in [-0.4, -0.2) is 37.8 Å². The summed E-state index contributed by atoms with van der Waals surface area (Å²) in [6.07, 6.45) is -0.500. The molecule has 2 N–H and O–H groups in total. The van der Waals surface area contributed by atoms with Crippen molar-refractivity contribution in [2.24, 2.45) is 5.41 Å². The molecule has 0 heterocycles. The van der Waals surface area contributed by atoms with Crippen molar-refractivity contribution >= 4 is 0 Å². The summed E-state index contributed by atoms with van der Waals surface area (Å²) in [5.41, 5.74) is -0.127. The predicted octanol–water partition coefficient (Wildman–Crippen LogP) is 1.67. The van der Waals surface area contributed by atoms with Crippen LogP contribution in [0.2, 0.25) is 0 Å². The maximum absolute atomic E-state index is 11.6. The second kappa shape index (κ2) is 5.84. The van der Waals surface area contributed by atoms with Crippen molar-refractivity contribution in [3.05, 3.63) is 0 Å². The molecule has 0 bridgehead atoms. The third-order valence-electron chi connectivity index (χ3n) is 3.04. The quantitative estimate of drug-likeness (QED) is 0.695. The van der Waals surface area contributed by atoms with E-state index in [0.29, 0.717) is 6.54 Å². The van der Waals surface area contributed by atoms with Gasteiger partial charge < -0.3 is 10.4 Å². The Morgan fingerprint density at radius 3 is 2.38 bits per heavy atom. The van der Waals surface area contributed by atoms with Gasteiger partial charge in [-0.05, 0) is 12.8 Å². The fourth-order valence-corrected chi connectivity index (χ4v) is 2.11. The SMILES string of the molecule is OCC1(CNCCOC(F)(F)F)CCCC1. The number of halogens is 3. The van der Waals surface area contributed by atoms with E-state index in [4.69, 9.17) is 0 Å². The molecule has 0 atom stereocenters. The van der Waals surface area contributed by atoms with Gasteiger partial charge in [0.15, 0.2) is 0 Å². The van der Waals surface area contributed by atoms with Gasteiger partial charge in [-0.1, -0.05) is 12.8 Å². The zero-order valence-electron chi connectivity index (χ0n) is 9.15. The lowest BCUT2D eigenvalue weighted by molar-refractivity contribution is -0.323. The molecule has 1 aliphatic carbocycles. The minimum absolute atomic E-state index is 0.0973. The van der Waals surface area contributed by atoms with Crippen molar-refractivity contribution < 1.29 is 23.0 Å². The first-order chi connectivity index (χ1) is 7.47. The van der Waals surface area contributed by atoms with Crippen LogP contribution in [0.1, 0.15) is 25.7 Å². The Morgan fingerprint density at radius 1 is 1.25 bits per heavy atom. The summed E-state index contributed by atoms with van der Waals surface area (Å²) in [5, 5.41) is 12.2. The summed E-state index contributed by atoms with van der Waals surface area (Å²) in [6.45, 7) is 0.428. The molecule has 6 heteroatoms. The van der Waals surface area contributed by atoms with Gasteiger partial charge in [0.25, 0.3) is 0 Å². The highest BCUT2D eigenvalue weighted by atomic mass is 19.4. The van der Waals surface area contributed by atoms with E-state index in [2.05, 4.69) is 10.1 Å². The van der Waals surface area contributed by atoms with Crippen LogP contribution in [0.25, 0.3) is 0 Å². The van der Waals surface area contributed by atoms with E-state index in [1.807, 2.05) is 0 Å². The number of nitrogens with one attached hydrogen (secondary N) is 1. The van der Waals surface area contributed by atoms with Crippen molar-refractivity contribution in [1.82, 2.24) is 5.32 Å². The number of hydrogen-bond acceptors (Lipinski definition) is 3. The highest BCUT2D eigenvalue weighted by Gasteiger charge is 2.33. The lowest BCUT2D eigenvalue weighted by Gasteiger charge is -2.26. The van der Waals surface area contributed by atoms with Crippen LogP contribution in [-0.2, 0) is 4.74 Å². The molecule has 1 saturated carbocycles. The number of hydrogen-bond donors (Lipinski definition) is 2. The fraction of sp³-hybridized carbons (Fsp3) is 1.00. The first-order valence-electron chi connectivity index (χ1n) is 5.50. The Labute approximate surface area is 93.0 Å².